The Bertz CT molecular complexity index is 1150. The van der Waals surface area contributed by atoms with E-state index in [0.717, 1.165) is 24.1 Å². The highest BCUT2D eigenvalue weighted by atomic mass is 32.2. The van der Waals surface area contributed by atoms with E-state index in [4.69, 9.17) is 0 Å². The monoisotopic (exact) mass is 446 g/mol. The number of amides is 1. The minimum absolute atomic E-state index is 0.0472. The maximum atomic E-state index is 13.4. The van der Waals surface area contributed by atoms with Crippen LogP contribution in [0.25, 0.3) is 17.1 Å². The summed E-state index contributed by atoms with van der Waals surface area (Å²) in [4.78, 5) is 12.4. The number of hydrogen-bond donors (Lipinski definition) is 1. The fourth-order valence-electron chi connectivity index (χ4n) is 3.31. The smallest absolute Gasteiger partial charge is 0.230 e. The molecule has 1 amide bonds. The number of nitrogens with zero attached hydrogens (tertiary/aromatic N) is 3. The zero-order valence-corrected chi connectivity index (χ0v) is 18.3. The van der Waals surface area contributed by atoms with E-state index < -0.39 is 0 Å². The van der Waals surface area contributed by atoms with Gasteiger partial charge >= 0.3 is 0 Å². The molecule has 5 nitrogen and oxygen atoms in total. The van der Waals surface area contributed by atoms with Gasteiger partial charge in [0.15, 0.2) is 11.0 Å². The minimum Gasteiger partial charge on any atom is -0.355 e. The Morgan fingerprint density at radius 2 is 1.59 bits per heavy atom. The van der Waals surface area contributed by atoms with Crippen LogP contribution in [-0.4, -0.2) is 33.0 Å². The fraction of sp³-hybridized carbons (Fsp3) is 0.160. The van der Waals surface area contributed by atoms with Crippen LogP contribution in [0.4, 0.5) is 4.39 Å². The zero-order chi connectivity index (χ0) is 22.2. The predicted molar refractivity (Wildman–Crippen MR) is 125 cm³/mol. The van der Waals surface area contributed by atoms with Crippen molar-refractivity contribution in [1.29, 1.82) is 0 Å². The lowest BCUT2D eigenvalue weighted by Gasteiger charge is -2.10. The van der Waals surface area contributed by atoms with Gasteiger partial charge in [0.2, 0.25) is 5.91 Å². The molecule has 0 aliphatic heterocycles. The third kappa shape index (κ3) is 5.62. The van der Waals surface area contributed by atoms with Gasteiger partial charge in [0, 0.05) is 17.8 Å². The summed E-state index contributed by atoms with van der Waals surface area (Å²) in [5.74, 6) is 0.480. The Kier molecular flexibility index (Phi) is 7.30. The van der Waals surface area contributed by atoms with Crippen molar-refractivity contribution in [3.05, 3.63) is 96.3 Å². The van der Waals surface area contributed by atoms with Crippen LogP contribution in [0, 0.1) is 5.82 Å². The van der Waals surface area contributed by atoms with Gasteiger partial charge in [-0.1, -0.05) is 60.3 Å². The highest BCUT2D eigenvalue weighted by molar-refractivity contribution is 7.99. The molecule has 4 aromatic rings. The summed E-state index contributed by atoms with van der Waals surface area (Å²) in [7, 11) is 0. The molecule has 0 saturated carbocycles. The van der Waals surface area contributed by atoms with Crippen molar-refractivity contribution in [1.82, 2.24) is 20.1 Å². The number of thioether (sulfide) groups is 1. The molecule has 0 aliphatic rings. The SMILES string of the molecule is O=C(CSc1nnc(-c2ccc(F)cc2)n1-c1ccccc1)NCCCc1ccccc1. The van der Waals surface area contributed by atoms with Gasteiger partial charge in [0.1, 0.15) is 5.82 Å². The van der Waals surface area contributed by atoms with Crippen LogP contribution >= 0.6 is 11.8 Å². The summed E-state index contributed by atoms with van der Waals surface area (Å²) in [6.07, 6.45) is 1.81. The van der Waals surface area contributed by atoms with Crippen molar-refractivity contribution < 1.29 is 9.18 Å². The fourth-order valence-corrected chi connectivity index (χ4v) is 4.09. The van der Waals surface area contributed by atoms with E-state index in [1.54, 1.807) is 12.1 Å². The molecular formula is C25H23FN4OS. The van der Waals surface area contributed by atoms with E-state index in [1.165, 1.54) is 29.5 Å². The van der Waals surface area contributed by atoms with Crippen LogP contribution in [-0.2, 0) is 11.2 Å². The van der Waals surface area contributed by atoms with E-state index in [1.807, 2.05) is 53.1 Å². The van der Waals surface area contributed by atoms with Crippen LogP contribution in [0.3, 0.4) is 0 Å². The van der Waals surface area contributed by atoms with Gasteiger partial charge in [-0.2, -0.15) is 0 Å². The average Bonchev–Trinajstić information content (AvgIpc) is 3.26. The number of carbonyl (C=O) groups is 1. The lowest BCUT2D eigenvalue weighted by atomic mass is 10.1. The lowest BCUT2D eigenvalue weighted by molar-refractivity contribution is -0.118. The van der Waals surface area contributed by atoms with E-state index in [9.17, 15) is 9.18 Å². The molecule has 4 rings (SSSR count). The van der Waals surface area contributed by atoms with Gasteiger partial charge in [-0.15, -0.1) is 10.2 Å². The highest BCUT2D eigenvalue weighted by Gasteiger charge is 2.17. The van der Waals surface area contributed by atoms with Crippen LogP contribution in [0.1, 0.15) is 12.0 Å². The van der Waals surface area contributed by atoms with Crippen molar-refractivity contribution in [2.75, 3.05) is 12.3 Å². The summed E-state index contributed by atoms with van der Waals surface area (Å²) in [6.45, 7) is 0.625. The molecule has 162 valence electrons. The minimum atomic E-state index is -0.307. The molecule has 32 heavy (non-hydrogen) atoms. The number of carbonyl (C=O) groups excluding carboxylic acids is 1. The van der Waals surface area contributed by atoms with E-state index in [-0.39, 0.29) is 17.5 Å². The molecule has 1 heterocycles. The Morgan fingerprint density at radius 3 is 2.31 bits per heavy atom. The quantitative estimate of drug-likeness (QED) is 0.293. The zero-order valence-electron chi connectivity index (χ0n) is 17.4. The number of benzene rings is 3. The molecule has 0 radical (unpaired) electrons. The molecule has 0 unspecified atom stereocenters. The average molecular weight is 447 g/mol. The van der Waals surface area contributed by atoms with Gasteiger partial charge in [0.05, 0.1) is 5.75 Å². The molecule has 0 aliphatic carbocycles. The van der Waals surface area contributed by atoms with Crippen molar-refractivity contribution in [3.8, 4) is 17.1 Å². The standard InChI is InChI=1S/C25H23FN4OS/c26-21-15-13-20(14-16-21)24-28-29-25(30(24)22-11-5-2-6-12-22)32-18-23(31)27-17-7-10-19-8-3-1-4-9-19/h1-6,8-9,11-16H,7,10,17-18H2,(H,27,31). The number of rotatable bonds is 9. The second-order valence-electron chi connectivity index (χ2n) is 7.21. The second-order valence-corrected chi connectivity index (χ2v) is 8.15. The third-order valence-electron chi connectivity index (χ3n) is 4.89. The molecular weight excluding hydrogens is 423 g/mol. The summed E-state index contributed by atoms with van der Waals surface area (Å²) < 4.78 is 15.3. The van der Waals surface area contributed by atoms with Crippen LogP contribution in [0.5, 0.6) is 0 Å². The Labute approximate surface area is 190 Å². The van der Waals surface area contributed by atoms with Crippen LogP contribution < -0.4 is 5.32 Å². The first kappa shape index (κ1) is 21.8. The molecule has 3 aromatic carbocycles. The predicted octanol–water partition coefficient (Wildman–Crippen LogP) is 4.91. The van der Waals surface area contributed by atoms with Gasteiger partial charge in [-0.3, -0.25) is 9.36 Å². The van der Waals surface area contributed by atoms with Crippen molar-refractivity contribution in [2.24, 2.45) is 0 Å². The third-order valence-corrected chi connectivity index (χ3v) is 5.82. The first-order valence-corrected chi connectivity index (χ1v) is 11.4. The molecule has 7 heteroatoms. The molecule has 0 bridgehead atoms. The van der Waals surface area contributed by atoms with Crippen molar-refractivity contribution in [3.63, 3.8) is 0 Å². The summed E-state index contributed by atoms with van der Waals surface area (Å²) in [5, 5.41) is 12.2. The molecule has 0 spiro atoms. The topological polar surface area (TPSA) is 59.8 Å². The molecule has 1 N–H and O–H groups in total. The molecule has 1 aromatic heterocycles. The highest BCUT2D eigenvalue weighted by Crippen LogP contribution is 2.28. The number of halogens is 1. The number of hydrogen-bond acceptors (Lipinski definition) is 4. The summed E-state index contributed by atoms with van der Waals surface area (Å²) in [6, 6.07) is 26.0. The van der Waals surface area contributed by atoms with E-state index in [0.29, 0.717) is 17.5 Å². The van der Waals surface area contributed by atoms with E-state index >= 15 is 0 Å². The first-order valence-electron chi connectivity index (χ1n) is 10.4. The van der Waals surface area contributed by atoms with Gasteiger partial charge in [-0.25, -0.2) is 4.39 Å². The van der Waals surface area contributed by atoms with Gasteiger partial charge in [-0.05, 0) is 54.8 Å². The van der Waals surface area contributed by atoms with Crippen LogP contribution in [0.2, 0.25) is 0 Å². The Hall–Kier alpha value is -3.45. The molecule has 0 saturated heterocycles. The second kappa shape index (κ2) is 10.7. The lowest BCUT2D eigenvalue weighted by Crippen LogP contribution is -2.26. The Morgan fingerprint density at radius 1 is 0.906 bits per heavy atom. The number of aryl methyl sites for hydroxylation is 1. The van der Waals surface area contributed by atoms with Crippen molar-refractivity contribution in [2.45, 2.75) is 18.0 Å². The van der Waals surface area contributed by atoms with Crippen molar-refractivity contribution >= 4 is 17.7 Å². The largest absolute Gasteiger partial charge is 0.355 e. The maximum Gasteiger partial charge on any atom is 0.230 e. The maximum absolute atomic E-state index is 13.4. The normalized spacial score (nSPS) is 10.8. The first-order chi connectivity index (χ1) is 15.7. The number of para-hydroxylation sites is 1. The van der Waals surface area contributed by atoms with E-state index in [2.05, 4.69) is 27.6 Å². The molecule has 0 fully saturated rings. The summed E-state index contributed by atoms with van der Waals surface area (Å²) >= 11 is 1.33. The van der Waals surface area contributed by atoms with Gasteiger partial charge in [0.25, 0.3) is 0 Å². The van der Waals surface area contributed by atoms with Crippen LogP contribution in [0.15, 0.2) is 90.1 Å². The summed E-state index contributed by atoms with van der Waals surface area (Å²) in [5.41, 5.74) is 2.89. The van der Waals surface area contributed by atoms with Gasteiger partial charge < -0.3 is 5.32 Å². The number of aromatic nitrogens is 3. The molecule has 0 atom stereocenters. The number of nitrogens with one attached hydrogen (secondary N) is 1. The Balaban J connectivity index is 1.41.